The second-order valence-electron chi connectivity index (χ2n) is 6.03. The molecule has 1 atom stereocenters. The van der Waals surface area contributed by atoms with E-state index in [-0.39, 0.29) is 11.3 Å². The van der Waals surface area contributed by atoms with Crippen LogP contribution in [0.25, 0.3) is 0 Å². The minimum atomic E-state index is 0.128. The molecule has 0 radical (unpaired) electrons. The van der Waals surface area contributed by atoms with Crippen molar-refractivity contribution in [3.05, 3.63) is 28.8 Å². The summed E-state index contributed by atoms with van der Waals surface area (Å²) in [5.41, 5.74) is 1.02. The molecule has 19 heavy (non-hydrogen) atoms. The lowest BCUT2D eigenvalue weighted by molar-refractivity contribution is -0.124. The summed E-state index contributed by atoms with van der Waals surface area (Å²) < 4.78 is 5.30. The van der Waals surface area contributed by atoms with E-state index in [0.29, 0.717) is 17.2 Å². The van der Waals surface area contributed by atoms with Crippen LogP contribution >= 0.6 is 11.6 Å². The van der Waals surface area contributed by atoms with Gasteiger partial charge in [-0.1, -0.05) is 31.9 Å². The Morgan fingerprint density at radius 2 is 2.21 bits per heavy atom. The van der Waals surface area contributed by atoms with Crippen molar-refractivity contribution >= 4 is 17.4 Å². The van der Waals surface area contributed by atoms with Crippen LogP contribution in [0.15, 0.2) is 18.2 Å². The van der Waals surface area contributed by atoms with Gasteiger partial charge < -0.3 is 4.74 Å². The molecule has 1 unspecified atom stereocenters. The third-order valence-electron chi connectivity index (χ3n) is 4.25. The lowest BCUT2D eigenvalue weighted by Crippen LogP contribution is -2.27. The molecule has 104 valence electrons. The highest BCUT2D eigenvalue weighted by atomic mass is 35.5. The first-order chi connectivity index (χ1) is 8.94. The van der Waals surface area contributed by atoms with Crippen molar-refractivity contribution in [1.82, 2.24) is 0 Å². The third kappa shape index (κ3) is 3.11. The van der Waals surface area contributed by atoms with Gasteiger partial charge in [-0.15, -0.1) is 0 Å². The van der Waals surface area contributed by atoms with Gasteiger partial charge in [-0.2, -0.15) is 0 Å². The lowest BCUT2D eigenvalue weighted by Gasteiger charge is -2.26. The average molecular weight is 281 g/mol. The van der Waals surface area contributed by atoms with Gasteiger partial charge in [0.15, 0.2) is 0 Å². The van der Waals surface area contributed by atoms with Gasteiger partial charge in [-0.25, -0.2) is 0 Å². The van der Waals surface area contributed by atoms with Gasteiger partial charge in [-0.05, 0) is 36.5 Å². The molecular formula is C16H21ClO2. The maximum Gasteiger partial charge on any atom is 0.141 e. The number of halogens is 1. The van der Waals surface area contributed by atoms with Gasteiger partial charge >= 0.3 is 0 Å². The SMILES string of the molecule is COc1ccc(Cl)cc1CC(=O)C1CCCC1(C)C. The summed E-state index contributed by atoms with van der Waals surface area (Å²) in [4.78, 5) is 12.5. The molecule has 0 N–H and O–H groups in total. The van der Waals surface area contributed by atoms with Gasteiger partial charge in [0, 0.05) is 22.9 Å². The molecule has 1 aromatic rings. The Morgan fingerprint density at radius 1 is 1.47 bits per heavy atom. The zero-order valence-electron chi connectivity index (χ0n) is 11.8. The minimum Gasteiger partial charge on any atom is -0.496 e. The molecule has 0 saturated heterocycles. The summed E-state index contributed by atoms with van der Waals surface area (Å²) in [6.07, 6.45) is 3.71. The summed E-state index contributed by atoms with van der Waals surface area (Å²) in [5, 5.41) is 0.647. The highest BCUT2D eigenvalue weighted by Crippen LogP contribution is 2.43. The standard InChI is InChI=1S/C16H21ClO2/c1-16(2)8-4-5-13(16)14(18)10-11-9-12(17)6-7-15(11)19-3/h6-7,9,13H,4-5,8,10H2,1-3H3. The maximum atomic E-state index is 12.5. The van der Waals surface area contributed by atoms with Crippen molar-refractivity contribution in [3.8, 4) is 5.75 Å². The van der Waals surface area contributed by atoms with Crippen LogP contribution in [0.5, 0.6) is 5.75 Å². The van der Waals surface area contributed by atoms with Crippen molar-refractivity contribution in [1.29, 1.82) is 0 Å². The van der Waals surface area contributed by atoms with Gasteiger partial charge in [-0.3, -0.25) is 4.79 Å². The topological polar surface area (TPSA) is 26.3 Å². The molecule has 0 bridgehead atoms. The normalized spacial score (nSPS) is 21.4. The zero-order valence-corrected chi connectivity index (χ0v) is 12.6. The molecular weight excluding hydrogens is 260 g/mol. The second-order valence-corrected chi connectivity index (χ2v) is 6.47. The van der Waals surface area contributed by atoms with Crippen LogP contribution < -0.4 is 4.74 Å². The fourth-order valence-corrected chi connectivity index (χ4v) is 3.31. The molecule has 0 heterocycles. The van der Waals surface area contributed by atoms with Crippen molar-refractivity contribution in [2.24, 2.45) is 11.3 Å². The number of ketones is 1. The summed E-state index contributed by atoms with van der Waals surface area (Å²) in [7, 11) is 1.62. The molecule has 2 rings (SSSR count). The molecule has 1 fully saturated rings. The molecule has 0 spiro atoms. The number of hydrogen-bond acceptors (Lipinski definition) is 2. The predicted molar refractivity (Wildman–Crippen MR) is 77.8 cm³/mol. The molecule has 0 aliphatic heterocycles. The molecule has 2 nitrogen and oxygen atoms in total. The first kappa shape index (κ1) is 14.4. The van der Waals surface area contributed by atoms with Crippen LogP contribution in [-0.4, -0.2) is 12.9 Å². The van der Waals surface area contributed by atoms with Crippen LogP contribution in [0.4, 0.5) is 0 Å². The van der Waals surface area contributed by atoms with E-state index in [1.165, 1.54) is 0 Å². The summed E-state index contributed by atoms with van der Waals surface area (Å²) in [5.74, 6) is 1.22. The van der Waals surface area contributed by atoms with Crippen molar-refractivity contribution < 1.29 is 9.53 Å². The number of Topliss-reactive ketones (excluding diaryl/α,β-unsaturated/α-hetero) is 1. The fourth-order valence-electron chi connectivity index (χ4n) is 3.12. The van der Waals surface area contributed by atoms with Crippen molar-refractivity contribution in [2.75, 3.05) is 7.11 Å². The zero-order chi connectivity index (χ0) is 14.0. The van der Waals surface area contributed by atoms with Gasteiger partial charge in [0.25, 0.3) is 0 Å². The van der Waals surface area contributed by atoms with E-state index >= 15 is 0 Å². The lowest BCUT2D eigenvalue weighted by atomic mass is 9.78. The van der Waals surface area contributed by atoms with Gasteiger partial charge in [0.1, 0.15) is 11.5 Å². The smallest absolute Gasteiger partial charge is 0.141 e. The van der Waals surface area contributed by atoms with Crippen LogP contribution in [0, 0.1) is 11.3 Å². The monoisotopic (exact) mass is 280 g/mol. The number of methoxy groups -OCH3 is 1. The largest absolute Gasteiger partial charge is 0.496 e. The highest BCUT2D eigenvalue weighted by Gasteiger charge is 2.38. The maximum absolute atomic E-state index is 12.5. The van der Waals surface area contributed by atoms with Gasteiger partial charge in [0.2, 0.25) is 0 Å². The summed E-state index contributed by atoms with van der Waals surface area (Å²) in [6.45, 7) is 4.38. The van der Waals surface area contributed by atoms with E-state index in [4.69, 9.17) is 16.3 Å². The Bertz CT molecular complexity index is 480. The number of ether oxygens (including phenoxy) is 1. The predicted octanol–water partition coefficient (Wildman–Crippen LogP) is 4.29. The van der Waals surface area contributed by atoms with E-state index < -0.39 is 0 Å². The van der Waals surface area contributed by atoms with E-state index in [0.717, 1.165) is 30.6 Å². The summed E-state index contributed by atoms with van der Waals surface area (Å²) in [6, 6.07) is 5.44. The third-order valence-corrected chi connectivity index (χ3v) is 4.49. The van der Waals surface area contributed by atoms with E-state index in [2.05, 4.69) is 13.8 Å². The molecule has 1 aliphatic rings. The molecule has 1 saturated carbocycles. The Labute approximate surface area is 120 Å². The van der Waals surface area contributed by atoms with Crippen molar-refractivity contribution in [2.45, 2.75) is 39.5 Å². The van der Waals surface area contributed by atoms with Crippen molar-refractivity contribution in [3.63, 3.8) is 0 Å². The first-order valence-electron chi connectivity index (χ1n) is 6.79. The Balaban J connectivity index is 2.17. The highest BCUT2D eigenvalue weighted by molar-refractivity contribution is 6.30. The quantitative estimate of drug-likeness (QED) is 0.822. The number of carbonyl (C=O) groups excluding carboxylic acids is 1. The fraction of sp³-hybridized carbons (Fsp3) is 0.562. The molecule has 0 amide bonds. The van der Waals surface area contributed by atoms with Crippen LogP contribution in [0.3, 0.4) is 0 Å². The number of carbonyl (C=O) groups is 1. The minimum absolute atomic E-state index is 0.128. The molecule has 1 aromatic carbocycles. The van der Waals surface area contributed by atoms with Crippen LogP contribution in [-0.2, 0) is 11.2 Å². The van der Waals surface area contributed by atoms with E-state index in [1.54, 1.807) is 13.2 Å². The number of hydrogen-bond donors (Lipinski definition) is 0. The molecule has 1 aliphatic carbocycles. The van der Waals surface area contributed by atoms with E-state index in [1.807, 2.05) is 12.1 Å². The van der Waals surface area contributed by atoms with Crippen LogP contribution in [0.2, 0.25) is 5.02 Å². The van der Waals surface area contributed by atoms with E-state index in [9.17, 15) is 4.79 Å². The summed E-state index contributed by atoms with van der Waals surface area (Å²) >= 11 is 6.01. The Morgan fingerprint density at radius 3 is 2.79 bits per heavy atom. The number of benzene rings is 1. The molecule has 0 aromatic heterocycles. The first-order valence-corrected chi connectivity index (χ1v) is 7.17. The van der Waals surface area contributed by atoms with Gasteiger partial charge in [0.05, 0.1) is 7.11 Å². The number of rotatable bonds is 4. The molecule has 3 heteroatoms. The average Bonchev–Trinajstić information content (AvgIpc) is 2.69. The Hall–Kier alpha value is -1.02. The Kier molecular flexibility index (Phi) is 4.19. The second kappa shape index (κ2) is 5.54. The van der Waals surface area contributed by atoms with Crippen LogP contribution in [0.1, 0.15) is 38.7 Å².